The van der Waals surface area contributed by atoms with Crippen LogP contribution in [0.5, 0.6) is 0 Å². The van der Waals surface area contributed by atoms with E-state index < -0.39 is 38.6 Å². The first-order valence-electron chi connectivity index (χ1n) is 22.1. The largest absolute Gasteiger partial charge is 0.472 e. The number of esters is 2. The molecule has 0 bridgehead atoms. The molecule has 59 heavy (non-hydrogen) atoms. The first-order chi connectivity index (χ1) is 28.4. The number of aliphatic hydroxyl groups excluding tert-OH is 1. The van der Waals surface area contributed by atoms with Crippen molar-refractivity contribution < 1.29 is 47.2 Å². The van der Waals surface area contributed by atoms with Gasteiger partial charge in [0.25, 0.3) is 0 Å². The Hall–Kier alpha value is -3.11. The van der Waals surface area contributed by atoms with Crippen LogP contribution in [0.2, 0.25) is 0 Å². The summed E-state index contributed by atoms with van der Waals surface area (Å²) in [5.74, 6) is -1.08. The molecule has 0 radical (unpaired) electrons. The molecule has 336 valence electrons. The van der Waals surface area contributed by atoms with Gasteiger partial charge in [0.05, 0.1) is 33.9 Å². The summed E-state index contributed by atoms with van der Waals surface area (Å²) >= 11 is 0. The van der Waals surface area contributed by atoms with Crippen LogP contribution in [0.4, 0.5) is 0 Å². The van der Waals surface area contributed by atoms with E-state index in [2.05, 4.69) is 80.7 Å². The summed E-state index contributed by atoms with van der Waals surface area (Å²) in [6.07, 6.45) is 47.8. The van der Waals surface area contributed by atoms with Gasteiger partial charge in [0.15, 0.2) is 6.10 Å². The van der Waals surface area contributed by atoms with Crippen molar-refractivity contribution in [1.29, 1.82) is 0 Å². The third-order valence-corrected chi connectivity index (χ3v) is 9.68. The van der Waals surface area contributed by atoms with Crippen LogP contribution in [-0.2, 0) is 32.7 Å². The van der Waals surface area contributed by atoms with Crippen molar-refractivity contribution in [3.05, 3.63) is 97.2 Å². The van der Waals surface area contributed by atoms with Gasteiger partial charge < -0.3 is 24.0 Å². The van der Waals surface area contributed by atoms with Crippen molar-refractivity contribution in [2.75, 3.05) is 47.5 Å². The zero-order valence-electron chi connectivity index (χ0n) is 37.3. The number of carbonyl (C=O) groups excluding carboxylic acids is 2. The number of rotatable bonds is 38. The maximum absolute atomic E-state index is 12.7. The lowest BCUT2D eigenvalue weighted by Crippen LogP contribution is -2.37. The van der Waals surface area contributed by atoms with Crippen LogP contribution < -0.4 is 0 Å². The number of quaternary nitrogens is 1. The molecule has 0 rings (SSSR count). The lowest BCUT2D eigenvalue weighted by atomic mass is 10.1. The van der Waals surface area contributed by atoms with Gasteiger partial charge in [-0.3, -0.25) is 18.6 Å². The average Bonchev–Trinajstić information content (AvgIpc) is 3.18. The Bertz CT molecular complexity index is 1340. The quantitative estimate of drug-likeness (QED) is 0.0156. The molecular formula is C48H81NO9P+. The van der Waals surface area contributed by atoms with Crippen molar-refractivity contribution >= 4 is 19.8 Å². The van der Waals surface area contributed by atoms with E-state index in [9.17, 15) is 24.2 Å². The number of ether oxygens (including phenoxy) is 2. The summed E-state index contributed by atoms with van der Waals surface area (Å²) in [5, 5.41) is 10.3. The van der Waals surface area contributed by atoms with Gasteiger partial charge in [0.1, 0.15) is 19.8 Å². The molecular weight excluding hydrogens is 765 g/mol. The first kappa shape index (κ1) is 55.9. The summed E-state index contributed by atoms with van der Waals surface area (Å²) < 4.78 is 34.1. The number of hydrogen-bond acceptors (Lipinski definition) is 8. The van der Waals surface area contributed by atoms with Crippen LogP contribution in [0, 0.1) is 0 Å². The summed E-state index contributed by atoms with van der Waals surface area (Å²) in [6.45, 7) is 4.05. The number of nitrogens with zero attached hydrogens (tertiary/aromatic N) is 1. The monoisotopic (exact) mass is 847 g/mol. The van der Waals surface area contributed by atoms with E-state index in [1.807, 2.05) is 39.4 Å². The molecule has 0 heterocycles. The second-order valence-electron chi connectivity index (χ2n) is 15.6. The smallest absolute Gasteiger partial charge is 0.462 e. The van der Waals surface area contributed by atoms with E-state index in [-0.39, 0.29) is 26.1 Å². The number of phosphoric acid groups is 1. The first-order valence-corrected chi connectivity index (χ1v) is 23.6. The number of hydrogen-bond donors (Lipinski definition) is 2. The number of unbranched alkanes of at least 4 members (excludes halogenated alkanes) is 7. The average molecular weight is 847 g/mol. The van der Waals surface area contributed by atoms with Gasteiger partial charge in [-0.2, -0.15) is 0 Å². The number of aliphatic hydroxyl groups is 1. The second-order valence-corrected chi connectivity index (χ2v) is 17.0. The molecule has 2 N–H and O–H groups in total. The Kier molecular flexibility index (Phi) is 37.0. The number of likely N-dealkylation sites (N-methyl/N-ethyl adjacent to an activating group) is 1. The number of phosphoric ester groups is 1. The molecule has 0 aliphatic rings. The topological polar surface area (TPSA) is 129 Å². The highest BCUT2D eigenvalue weighted by Crippen LogP contribution is 2.43. The van der Waals surface area contributed by atoms with Gasteiger partial charge in [-0.15, -0.1) is 0 Å². The molecule has 3 atom stereocenters. The highest BCUT2D eigenvalue weighted by Gasteiger charge is 2.27. The summed E-state index contributed by atoms with van der Waals surface area (Å²) in [4.78, 5) is 35.4. The highest BCUT2D eigenvalue weighted by molar-refractivity contribution is 7.47. The lowest BCUT2D eigenvalue weighted by molar-refractivity contribution is -0.870. The van der Waals surface area contributed by atoms with Gasteiger partial charge in [-0.05, 0) is 83.5 Å². The van der Waals surface area contributed by atoms with Crippen LogP contribution in [0.15, 0.2) is 97.2 Å². The molecule has 10 nitrogen and oxygen atoms in total. The third kappa shape index (κ3) is 42.8. The van der Waals surface area contributed by atoms with Crippen LogP contribution >= 0.6 is 7.82 Å². The zero-order chi connectivity index (χ0) is 43.7. The van der Waals surface area contributed by atoms with Crippen molar-refractivity contribution in [3.63, 3.8) is 0 Å². The normalized spacial score (nSPS) is 15.0. The van der Waals surface area contributed by atoms with E-state index in [4.69, 9.17) is 18.5 Å². The van der Waals surface area contributed by atoms with Gasteiger partial charge in [-0.1, -0.05) is 137 Å². The van der Waals surface area contributed by atoms with Crippen molar-refractivity contribution in [2.24, 2.45) is 0 Å². The third-order valence-electron chi connectivity index (χ3n) is 8.69. The van der Waals surface area contributed by atoms with E-state index in [0.29, 0.717) is 36.7 Å². The fourth-order valence-electron chi connectivity index (χ4n) is 5.17. The predicted octanol–water partition coefficient (Wildman–Crippen LogP) is 11.5. The number of carbonyl (C=O) groups is 2. The number of allylic oxidation sites excluding steroid dienone is 15. The Morgan fingerprint density at radius 3 is 1.63 bits per heavy atom. The maximum Gasteiger partial charge on any atom is 0.472 e. The second kappa shape index (κ2) is 39.1. The Labute approximate surface area is 358 Å². The van der Waals surface area contributed by atoms with Crippen molar-refractivity contribution in [2.45, 2.75) is 148 Å². The van der Waals surface area contributed by atoms with Crippen LogP contribution in [0.1, 0.15) is 136 Å². The summed E-state index contributed by atoms with van der Waals surface area (Å²) in [5.41, 5.74) is 0. The molecule has 0 amide bonds. The lowest BCUT2D eigenvalue weighted by Gasteiger charge is -2.24. The zero-order valence-corrected chi connectivity index (χ0v) is 38.2. The molecule has 0 saturated heterocycles. The maximum atomic E-state index is 12.7. The van der Waals surface area contributed by atoms with Crippen LogP contribution in [0.3, 0.4) is 0 Å². The fraction of sp³-hybridized carbons (Fsp3) is 0.625. The fourth-order valence-corrected chi connectivity index (χ4v) is 5.91. The van der Waals surface area contributed by atoms with Crippen LogP contribution in [0.25, 0.3) is 0 Å². The molecule has 0 aliphatic heterocycles. The molecule has 11 heteroatoms. The van der Waals surface area contributed by atoms with Crippen LogP contribution in [-0.4, -0.2) is 86.1 Å². The minimum Gasteiger partial charge on any atom is -0.462 e. The Balaban J connectivity index is 4.67. The molecule has 0 fully saturated rings. The van der Waals surface area contributed by atoms with Crippen molar-refractivity contribution in [3.8, 4) is 0 Å². The van der Waals surface area contributed by atoms with Gasteiger partial charge in [0, 0.05) is 12.8 Å². The molecule has 0 aromatic rings. The highest BCUT2D eigenvalue weighted by atomic mass is 31.2. The SMILES string of the molecule is CCCCC/C=C\C/C=C\C/C=C\C=C\[C@@H](O)CCCC(=O)OC[C@H](COP(=O)(O)OCC[N+](C)(C)C)OC(=O)CCC/C=C\C/C=C\C/C=C\C/C=C\CCCCC. The summed E-state index contributed by atoms with van der Waals surface area (Å²) in [7, 11) is 1.32. The molecule has 0 aliphatic carbocycles. The van der Waals surface area contributed by atoms with Gasteiger partial charge in [0.2, 0.25) is 0 Å². The standard InChI is InChI=1S/C48H80NO9P/c1-6-8-10-12-14-16-18-20-21-22-23-25-27-29-31-33-35-39-48(52)58-46(44-57-59(53,54)56-42-41-49(3,4)5)43-55-47(51)40-36-38-45(50)37-34-32-30-28-26-24-19-17-15-13-11-9-7-2/h14-17,20-21,23-26,29-32,34,37,45-46,50H,6-13,18-19,22,27-28,33,35-36,38-44H2,1-5H3/p+1/b16-14-,17-15-,21-20-,25-23-,26-24-,31-29-,32-30-,37-34+/t45-,46-/m1/s1. The molecule has 0 aromatic carbocycles. The predicted molar refractivity (Wildman–Crippen MR) is 244 cm³/mol. The van der Waals surface area contributed by atoms with E-state index in [0.717, 1.165) is 44.9 Å². The molecule has 0 spiro atoms. The van der Waals surface area contributed by atoms with E-state index >= 15 is 0 Å². The Morgan fingerprint density at radius 2 is 1.10 bits per heavy atom. The van der Waals surface area contributed by atoms with Crippen molar-refractivity contribution in [1.82, 2.24) is 0 Å². The minimum absolute atomic E-state index is 0.0137. The summed E-state index contributed by atoms with van der Waals surface area (Å²) in [6, 6.07) is 0. The molecule has 0 aromatic heterocycles. The van der Waals surface area contributed by atoms with Gasteiger partial charge in [-0.25, -0.2) is 4.57 Å². The van der Waals surface area contributed by atoms with Gasteiger partial charge >= 0.3 is 19.8 Å². The molecule has 1 unspecified atom stereocenters. The van der Waals surface area contributed by atoms with E-state index in [1.54, 1.807) is 12.2 Å². The molecule has 0 saturated carbocycles. The minimum atomic E-state index is -4.44. The van der Waals surface area contributed by atoms with E-state index in [1.165, 1.54) is 38.5 Å². The Morgan fingerprint density at radius 1 is 0.610 bits per heavy atom.